The number of thioether (sulfide) groups is 1. The van der Waals surface area contributed by atoms with Gasteiger partial charge in [0.2, 0.25) is 5.88 Å². The number of aromatic hydroxyl groups is 1. The number of nitrogens with zero attached hydrogens (tertiary/aromatic N) is 3. The van der Waals surface area contributed by atoms with Crippen molar-refractivity contribution in [2.45, 2.75) is 26.3 Å². The van der Waals surface area contributed by atoms with Crippen LogP contribution in [0.3, 0.4) is 0 Å². The summed E-state index contributed by atoms with van der Waals surface area (Å²) in [7, 11) is 1.54. The van der Waals surface area contributed by atoms with Crippen LogP contribution in [0.25, 0.3) is 6.08 Å². The molecule has 3 aromatic rings. The fraction of sp³-hybridized carbons (Fsp3) is 0.207. The van der Waals surface area contributed by atoms with Gasteiger partial charge in [0.1, 0.15) is 21.7 Å². The molecule has 4 rings (SSSR count). The lowest BCUT2D eigenvalue weighted by molar-refractivity contribution is -0.122. The molecule has 1 aromatic heterocycles. The van der Waals surface area contributed by atoms with Gasteiger partial charge in [-0.3, -0.25) is 23.9 Å². The summed E-state index contributed by atoms with van der Waals surface area (Å²) in [6.07, 6.45) is 2.04. The number of nitriles is 1. The van der Waals surface area contributed by atoms with E-state index in [1.54, 1.807) is 30.3 Å². The second-order valence-corrected chi connectivity index (χ2v) is 10.5. The first-order valence-corrected chi connectivity index (χ1v) is 13.3. The monoisotopic (exact) mass is 559 g/mol. The van der Waals surface area contributed by atoms with Gasteiger partial charge in [-0.05, 0) is 48.2 Å². The number of pyridine rings is 1. The van der Waals surface area contributed by atoms with E-state index in [9.17, 15) is 24.8 Å². The first kappa shape index (κ1) is 27.8. The van der Waals surface area contributed by atoms with Gasteiger partial charge in [0.05, 0.1) is 24.1 Å². The summed E-state index contributed by atoms with van der Waals surface area (Å²) in [5.41, 5.74) is 0.742. The normalized spacial score (nSPS) is 14.1. The third-order valence-corrected chi connectivity index (χ3v) is 7.71. The Morgan fingerprint density at radius 2 is 1.85 bits per heavy atom. The molecular formula is C29H25N3O5S2. The number of aromatic nitrogens is 1. The largest absolute Gasteiger partial charge is 0.497 e. The number of ether oxygens (including phenoxy) is 1. The van der Waals surface area contributed by atoms with Crippen LogP contribution in [-0.2, 0) is 11.3 Å². The standard InChI is InChI=1S/C29H25N3O5S2/c1-18-22(16-30)26(34)32(17-20-10-12-21(37-2)13-11-20)28(36)25(18)23(33)9-6-14-31-27(35)24(39-29(31)38)15-19-7-4-3-5-8-19/h3-5,7-8,10-13,15,36H,6,9,14,17H2,1-2H3/b24-15-. The molecule has 2 aromatic carbocycles. The number of thiocarbonyl (C=S) groups is 1. The summed E-state index contributed by atoms with van der Waals surface area (Å²) < 4.78 is 6.58. The Morgan fingerprint density at radius 1 is 1.15 bits per heavy atom. The highest BCUT2D eigenvalue weighted by atomic mass is 32.2. The predicted octanol–water partition coefficient (Wildman–Crippen LogP) is 4.66. The molecule has 0 saturated carbocycles. The molecule has 0 radical (unpaired) electrons. The summed E-state index contributed by atoms with van der Waals surface area (Å²) in [6.45, 7) is 1.66. The number of carbonyl (C=O) groups is 2. The Hall–Kier alpha value is -4.20. The molecule has 1 fully saturated rings. The van der Waals surface area contributed by atoms with Crippen LogP contribution in [0.4, 0.5) is 0 Å². The number of carbonyl (C=O) groups excluding carboxylic acids is 2. The highest BCUT2D eigenvalue weighted by Crippen LogP contribution is 2.33. The zero-order valence-electron chi connectivity index (χ0n) is 21.3. The maximum Gasteiger partial charge on any atom is 0.271 e. The third kappa shape index (κ3) is 5.95. The van der Waals surface area contributed by atoms with Crippen molar-refractivity contribution < 1.29 is 19.4 Å². The average molecular weight is 560 g/mol. The van der Waals surface area contributed by atoms with E-state index in [4.69, 9.17) is 17.0 Å². The molecule has 8 nitrogen and oxygen atoms in total. The summed E-state index contributed by atoms with van der Waals surface area (Å²) in [5, 5.41) is 20.6. The topological polar surface area (TPSA) is 113 Å². The van der Waals surface area contributed by atoms with E-state index in [-0.39, 0.29) is 48.5 Å². The molecule has 0 spiro atoms. The van der Waals surface area contributed by atoms with Crippen LogP contribution in [0.15, 0.2) is 64.3 Å². The number of Topliss-reactive ketones (excluding diaryl/α,β-unsaturated/α-hetero) is 1. The molecule has 198 valence electrons. The molecule has 1 N–H and O–H groups in total. The van der Waals surface area contributed by atoms with Gasteiger partial charge < -0.3 is 9.84 Å². The van der Waals surface area contributed by atoms with Crippen LogP contribution in [0.2, 0.25) is 0 Å². The quantitative estimate of drug-likeness (QED) is 0.229. The molecule has 2 heterocycles. The van der Waals surface area contributed by atoms with Crippen molar-refractivity contribution >= 4 is 46.1 Å². The minimum atomic E-state index is -0.678. The number of amides is 1. The fourth-order valence-electron chi connectivity index (χ4n) is 4.26. The number of rotatable bonds is 9. The zero-order valence-corrected chi connectivity index (χ0v) is 23.0. The van der Waals surface area contributed by atoms with Gasteiger partial charge in [-0.25, -0.2) is 0 Å². The predicted molar refractivity (Wildman–Crippen MR) is 154 cm³/mol. The Morgan fingerprint density at radius 3 is 2.49 bits per heavy atom. The van der Waals surface area contributed by atoms with Crippen LogP contribution < -0.4 is 10.3 Å². The summed E-state index contributed by atoms with van der Waals surface area (Å²) in [6, 6.07) is 18.2. The SMILES string of the molecule is COc1ccc(Cn2c(O)c(C(=O)CCCN3C(=O)/C(=C/c4ccccc4)SC3=S)c(C)c(C#N)c2=O)cc1. The number of benzene rings is 2. The maximum absolute atomic E-state index is 13.2. The highest BCUT2D eigenvalue weighted by molar-refractivity contribution is 8.26. The molecule has 1 aliphatic heterocycles. The Labute approximate surface area is 235 Å². The van der Waals surface area contributed by atoms with Crippen LogP contribution in [0, 0.1) is 18.3 Å². The van der Waals surface area contributed by atoms with Crippen molar-refractivity contribution in [3.05, 3.63) is 97.7 Å². The molecule has 1 saturated heterocycles. The molecule has 0 atom stereocenters. The first-order chi connectivity index (χ1) is 18.7. The fourth-order valence-corrected chi connectivity index (χ4v) is 5.57. The van der Waals surface area contributed by atoms with Crippen LogP contribution >= 0.6 is 24.0 Å². The van der Waals surface area contributed by atoms with Crippen LogP contribution in [0.1, 0.15) is 45.5 Å². The number of ketones is 1. The third-order valence-electron chi connectivity index (χ3n) is 6.34. The highest BCUT2D eigenvalue weighted by Gasteiger charge is 2.32. The van der Waals surface area contributed by atoms with E-state index in [0.29, 0.717) is 20.5 Å². The van der Waals surface area contributed by atoms with E-state index >= 15 is 0 Å². The van der Waals surface area contributed by atoms with Crippen molar-refractivity contribution in [3.8, 4) is 17.7 Å². The molecule has 10 heteroatoms. The van der Waals surface area contributed by atoms with E-state index in [0.717, 1.165) is 10.1 Å². The van der Waals surface area contributed by atoms with Crippen molar-refractivity contribution in [2.24, 2.45) is 0 Å². The zero-order chi connectivity index (χ0) is 28.1. The maximum atomic E-state index is 13.2. The van der Waals surface area contributed by atoms with E-state index in [2.05, 4.69) is 0 Å². The molecule has 1 aliphatic rings. The van der Waals surface area contributed by atoms with Gasteiger partial charge >= 0.3 is 0 Å². The average Bonchev–Trinajstić information content (AvgIpc) is 3.19. The van der Waals surface area contributed by atoms with Gasteiger partial charge in [-0.1, -0.05) is 66.4 Å². The number of hydrogen-bond acceptors (Lipinski definition) is 8. The smallest absolute Gasteiger partial charge is 0.271 e. The Balaban J connectivity index is 1.51. The second-order valence-electron chi connectivity index (χ2n) is 8.82. The Bertz CT molecular complexity index is 1570. The van der Waals surface area contributed by atoms with Crippen molar-refractivity contribution in [3.63, 3.8) is 0 Å². The van der Waals surface area contributed by atoms with Crippen LogP contribution in [-0.4, -0.2) is 44.2 Å². The lowest BCUT2D eigenvalue weighted by atomic mass is 9.99. The number of methoxy groups -OCH3 is 1. The molecule has 0 bridgehead atoms. The molecule has 39 heavy (non-hydrogen) atoms. The molecule has 0 unspecified atom stereocenters. The Kier molecular flexibility index (Phi) is 8.64. The first-order valence-electron chi connectivity index (χ1n) is 12.1. The van der Waals surface area contributed by atoms with Crippen LogP contribution in [0.5, 0.6) is 11.6 Å². The lowest BCUT2D eigenvalue weighted by Crippen LogP contribution is -2.30. The van der Waals surface area contributed by atoms with Gasteiger partial charge in [-0.15, -0.1) is 0 Å². The minimum Gasteiger partial charge on any atom is -0.497 e. The lowest BCUT2D eigenvalue weighted by Gasteiger charge is -2.17. The second kappa shape index (κ2) is 12.1. The number of hydrogen-bond donors (Lipinski definition) is 1. The van der Waals surface area contributed by atoms with E-state index < -0.39 is 17.2 Å². The van der Waals surface area contributed by atoms with E-state index in [1.165, 1.54) is 30.7 Å². The summed E-state index contributed by atoms with van der Waals surface area (Å²) in [5.74, 6) is -0.519. The van der Waals surface area contributed by atoms with Crippen molar-refractivity contribution in [1.29, 1.82) is 5.26 Å². The molecule has 1 amide bonds. The van der Waals surface area contributed by atoms with Gasteiger partial charge in [0.25, 0.3) is 11.5 Å². The minimum absolute atomic E-state index is 0.0190. The summed E-state index contributed by atoms with van der Waals surface area (Å²) in [4.78, 5) is 41.1. The molecule has 0 aliphatic carbocycles. The molecular weight excluding hydrogens is 534 g/mol. The van der Waals surface area contributed by atoms with Gasteiger partial charge in [-0.2, -0.15) is 5.26 Å². The van der Waals surface area contributed by atoms with Crippen molar-refractivity contribution in [2.75, 3.05) is 13.7 Å². The van der Waals surface area contributed by atoms with E-state index in [1.807, 2.05) is 36.4 Å². The van der Waals surface area contributed by atoms with Gasteiger partial charge in [0.15, 0.2) is 5.78 Å². The van der Waals surface area contributed by atoms with Crippen molar-refractivity contribution in [1.82, 2.24) is 9.47 Å². The summed E-state index contributed by atoms with van der Waals surface area (Å²) >= 11 is 6.60. The van der Waals surface area contributed by atoms with Gasteiger partial charge in [0, 0.05) is 13.0 Å².